The lowest BCUT2D eigenvalue weighted by atomic mass is 9.85. The van der Waals surface area contributed by atoms with Crippen LogP contribution in [-0.2, 0) is 0 Å². The van der Waals surface area contributed by atoms with Crippen molar-refractivity contribution in [2.45, 2.75) is 18.8 Å². The SMILES string of the molecule is NCCCC1c2c(c3ccccc3c3ccccc23)-c2c1c1ccccc1c1ccccc21. The van der Waals surface area contributed by atoms with Crippen LogP contribution >= 0.6 is 0 Å². The molecule has 0 saturated heterocycles. The Balaban J connectivity index is 1.77. The molecule has 1 nitrogen and oxygen atoms in total. The Morgan fingerprint density at radius 2 is 0.788 bits per heavy atom. The normalized spacial score (nSPS) is 13.2. The molecule has 0 saturated carbocycles. The minimum absolute atomic E-state index is 0.350. The highest BCUT2D eigenvalue weighted by Gasteiger charge is 2.35. The quantitative estimate of drug-likeness (QED) is 0.286. The molecule has 1 aliphatic rings. The van der Waals surface area contributed by atoms with E-state index in [1.165, 1.54) is 65.3 Å². The third-order valence-corrected chi connectivity index (χ3v) is 7.59. The van der Waals surface area contributed by atoms with Gasteiger partial charge in [-0.05, 0) is 84.7 Å². The lowest BCUT2D eigenvalue weighted by molar-refractivity contribution is 0.686. The van der Waals surface area contributed by atoms with Crippen molar-refractivity contribution >= 4 is 43.1 Å². The summed E-state index contributed by atoms with van der Waals surface area (Å²) in [5, 5.41) is 10.9. The first-order valence-corrected chi connectivity index (χ1v) is 12.0. The van der Waals surface area contributed by atoms with Crippen LogP contribution in [0.3, 0.4) is 0 Å². The summed E-state index contributed by atoms with van der Waals surface area (Å²) in [6.07, 6.45) is 2.09. The van der Waals surface area contributed by atoms with Gasteiger partial charge in [0.25, 0.3) is 0 Å². The second kappa shape index (κ2) is 7.16. The van der Waals surface area contributed by atoms with Gasteiger partial charge in [-0.1, -0.05) is 97.1 Å². The molecule has 0 bridgehead atoms. The molecule has 0 aliphatic heterocycles. The maximum absolute atomic E-state index is 6.05. The molecule has 0 spiro atoms. The summed E-state index contributed by atoms with van der Waals surface area (Å²) >= 11 is 0. The number of hydrogen-bond acceptors (Lipinski definition) is 1. The van der Waals surface area contributed by atoms with Gasteiger partial charge in [0.15, 0.2) is 0 Å². The van der Waals surface area contributed by atoms with Gasteiger partial charge < -0.3 is 5.73 Å². The van der Waals surface area contributed by atoms with Gasteiger partial charge in [-0.15, -0.1) is 0 Å². The fourth-order valence-electron chi connectivity index (χ4n) is 6.35. The zero-order valence-electron chi connectivity index (χ0n) is 18.5. The van der Waals surface area contributed by atoms with E-state index in [9.17, 15) is 0 Å². The van der Waals surface area contributed by atoms with Gasteiger partial charge in [-0.3, -0.25) is 0 Å². The van der Waals surface area contributed by atoms with E-state index >= 15 is 0 Å². The Morgan fingerprint density at radius 1 is 0.455 bits per heavy atom. The average Bonchev–Trinajstić information content (AvgIpc) is 3.24. The second-order valence-electron chi connectivity index (χ2n) is 9.24. The van der Waals surface area contributed by atoms with Crippen LogP contribution in [0.4, 0.5) is 0 Å². The van der Waals surface area contributed by atoms with Crippen LogP contribution in [0.15, 0.2) is 97.1 Å². The summed E-state index contributed by atoms with van der Waals surface area (Å²) in [7, 11) is 0. The number of nitrogens with two attached hydrogens (primary N) is 1. The van der Waals surface area contributed by atoms with Gasteiger partial charge in [0.1, 0.15) is 0 Å². The van der Waals surface area contributed by atoms with Gasteiger partial charge in [0.2, 0.25) is 0 Å². The van der Waals surface area contributed by atoms with E-state index < -0.39 is 0 Å². The standard InChI is InChI=1S/C32H25N/c33-19-9-18-28-29-24-14-5-1-10-20(24)22-12-3-7-16-26(22)31(29)32-27-17-8-4-13-23(27)21-11-2-6-15-25(21)30(28)32/h1-8,10-17,28H,9,18-19,33H2. The van der Waals surface area contributed by atoms with E-state index in [4.69, 9.17) is 5.73 Å². The lowest BCUT2D eigenvalue weighted by Gasteiger charge is -2.18. The molecule has 0 amide bonds. The van der Waals surface area contributed by atoms with Crippen molar-refractivity contribution in [1.29, 1.82) is 0 Å². The van der Waals surface area contributed by atoms with Crippen molar-refractivity contribution in [3.05, 3.63) is 108 Å². The predicted octanol–water partition coefficient (Wildman–Crippen LogP) is 8.15. The van der Waals surface area contributed by atoms with Crippen molar-refractivity contribution in [3.63, 3.8) is 0 Å². The number of hydrogen-bond donors (Lipinski definition) is 1. The Kier molecular flexibility index (Phi) is 4.09. The number of rotatable bonds is 3. The molecule has 6 aromatic rings. The third kappa shape index (κ3) is 2.52. The first-order valence-electron chi connectivity index (χ1n) is 12.0. The summed E-state index contributed by atoms with van der Waals surface area (Å²) in [6.45, 7) is 0.720. The summed E-state index contributed by atoms with van der Waals surface area (Å²) < 4.78 is 0. The third-order valence-electron chi connectivity index (χ3n) is 7.59. The van der Waals surface area contributed by atoms with Gasteiger partial charge in [-0.2, -0.15) is 0 Å². The first kappa shape index (κ1) is 18.8. The van der Waals surface area contributed by atoms with Crippen molar-refractivity contribution in [3.8, 4) is 11.1 Å². The van der Waals surface area contributed by atoms with E-state index in [0.717, 1.165) is 19.4 Å². The van der Waals surface area contributed by atoms with Gasteiger partial charge in [0, 0.05) is 5.92 Å². The zero-order valence-corrected chi connectivity index (χ0v) is 18.5. The molecule has 158 valence electrons. The smallest absolute Gasteiger partial charge is 0.0115 e. The van der Waals surface area contributed by atoms with Gasteiger partial charge in [-0.25, -0.2) is 0 Å². The molecule has 0 heterocycles. The van der Waals surface area contributed by atoms with E-state index in [1.54, 1.807) is 0 Å². The minimum atomic E-state index is 0.350. The van der Waals surface area contributed by atoms with Crippen LogP contribution in [0.25, 0.3) is 54.2 Å². The molecule has 0 atom stereocenters. The van der Waals surface area contributed by atoms with Crippen LogP contribution in [0.2, 0.25) is 0 Å². The molecule has 1 aliphatic carbocycles. The molecule has 6 aromatic carbocycles. The topological polar surface area (TPSA) is 26.0 Å². The Labute approximate surface area is 193 Å². The maximum atomic E-state index is 6.05. The molecule has 1 heteroatoms. The summed E-state index contributed by atoms with van der Waals surface area (Å²) in [4.78, 5) is 0. The highest BCUT2D eigenvalue weighted by atomic mass is 14.5. The van der Waals surface area contributed by atoms with Crippen molar-refractivity contribution in [2.75, 3.05) is 6.54 Å². The Bertz CT molecular complexity index is 1580. The van der Waals surface area contributed by atoms with Crippen LogP contribution in [0.1, 0.15) is 29.9 Å². The fraction of sp³-hybridized carbons (Fsp3) is 0.125. The molecule has 33 heavy (non-hydrogen) atoms. The van der Waals surface area contributed by atoms with E-state index in [1.807, 2.05) is 0 Å². The first-order chi connectivity index (χ1) is 16.4. The molecule has 2 N–H and O–H groups in total. The van der Waals surface area contributed by atoms with Crippen LogP contribution in [-0.4, -0.2) is 6.54 Å². The fourth-order valence-corrected chi connectivity index (χ4v) is 6.35. The van der Waals surface area contributed by atoms with E-state index in [-0.39, 0.29) is 0 Å². The summed E-state index contributed by atoms with van der Waals surface area (Å²) in [5.74, 6) is 0.350. The predicted molar refractivity (Wildman–Crippen MR) is 142 cm³/mol. The molecular formula is C32H25N. The van der Waals surface area contributed by atoms with Crippen LogP contribution < -0.4 is 5.73 Å². The van der Waals surface area contributed by atoms with E-state index in [0.29, 0.717) is 5.92 Å². The molecule has 0 radical (unpaired) electrons. The molecule has 0 fully saturated rings. The number of benzene rings is 6. The van der Waals surface area contributed by atoms with Crippen molar-refractivity contribution in [1.82, 2.24) is 0 Å². The van der Waals surface area contributed by atoms with Crippen LogP contribution in [0, 0.1) is 0 Å². The second-order valence-corrected chi connectivity index (χ2v) is 9.24. The highest BCUT2D eigenvalue weighted by Crippen LogP contribution is 2.57. The molecule has 0 unspecified atom stereocenters. The Hall–Kier alpha value is -3.68. The average molecular weight is 424 g/mol. The molecule has 0 aromatic heterocycles. The van der Waals surface area contributed by atoms with Gasteiger partial charge >= 0.3 is 0 Å². The molecule has 7 rings (SSSR count). The highest BCUT2D eigenvalue weighted by molar-refractivity contribution is 6.25. The monoisotopic (exact) mass is 423 g/mol. The van der Waals surface area contributed by atoms with Gasteiger partial charge in [0.05, 0.1) is 0 Å². The lowest BCUT2D eigenvalue weighted by Crippen LogP contribution is -2.04. The largest absolute Gasteiger partial charge is 0.330 e. The molecular weight excluding hydrogens is 398 g/mol. The van der Waals surface area contributed by atoms with E-state index in [2.05, 4.69) is 97.1 Å². The van der Waals surface area contributed by atoms with Crippen molar-refractivity contribution < 1.29 is 0 Å². The summed E-state index contributed by atoms with van der Waals surface area (Å²) in [5.41, 5.74) is 11.9. The summed E-state index contributed by atoms with van der Waals surface area (Å²) in [6, 6.07) is 35.9. The number of fused-ring (bicyclic) bond motifs is 13. The van der Waals surface area contributed by atoms with Crippen molar-refractivity contribution in [2.24, 2.45) is 5.73 Å². The Morgan fingerprint density at radius 3 is 1.18 bits per heavy atom. The minimum Gasteiger partial charge on any atom is -0.330 e. The maximum Gasteiger partial charge on any atom is 0.0115 e. The zero-order chi connectivity index (χ0) is 21.9. The van der Waals surface area contributed by atoms with Crippen LogP contribution in [0.5, 0.6) is 0 Å².